The molecule has 2 amide bonds. The van der Waals surface area contributed by atoms with E-state index in [1.165, 1.54) is 18.4 Å². The number of carbonyl (C=O) groups excluding carboxylic acids is 2. The number of carbonyl (C=O) groups is 3. The summed E-state index contributed by atoms with van der Waals surface area (Å²) < 4.78 is 6.85. The van der Waals surface area contributed by atoms with Gasteiger partial charge in [-0.2, -0.15) is 0 Å². The molecule has 0 unspecified atom stereocenters. The first-order chi connectivity index (χ1) is 15.4. The van der Waals surface area contributed by atoms with E-state index in [9.17, 15) is 14.4 Å². The lowest BCUT2D eigenvalue weighted by Gasteiger charge is -2.14. The monoisotopic (exact) mass is 455 g/mol. The second-order valence-corrected chi connectivity index (χ2v) is 7.58. The van der Waals surface area contributed by atoms with Crippen molar-refractivity contribution in [2.75, 3.05) is 11.1 Å². The molecule has 1 aromatic carbocycles. The summed E-state index contributed by atoms with van der Waals surface area (Å²) in [6.45, 7) is 5.88. The van der Waals surface area contributed by atoms with Crippen molar-refractivity contribution in [3.05, 3.63) is 72.5 Å². The van der Waals surface area contributed by atoms with Crippen LogP contribution in [0.15, 0.2) is 64.9 Å². The molecule has 10 nitrogen and oxygen atoms in total. The van der Waals surface area contributed by atoms with Gasteiger partial charge in [-0.05, 0) is 37.3 Å². The van der Waals surface area contributed by atoms with Gasteiger partial charge in [0.1, 0.15) is 0 Å². The summed E-state index contributed by atoms with van der Waals surface area (Å²) in [5.41, 5.74) is 0.467. The lowest BCUT2D eigenvalue weighted by atomic mass is 10.2. The number of carboxylic acids is 1. The topological polar surface area (TPSA) is 139 Å². The van der Waals surface area contributed by atoms with E-state index in [0.717, 1.165) is 11.8 Å². The van der Waals surface area contributed by atoms with Gasteiger partial charge in [-0.25, -0.2) is 4.79 Å². The molecule has 0 saturated heterocycles. The van der Waals surface area contributed by atoms with E-state index in [1.807, 2.05) is 0 Å². The molecule has 0 aliphatic carbocycles. The maximum Gasteiger partial charge on any atom is 0.335 e. The summed E-state index contributed by atoms with van der Waals surface area (Å²) >= 11 is 1.16. The molecule has 3 rings (SSSR count). The molecule has 11 heteroatoms. The Labute approximate surface area is 187 Å². The number of aromatic carboxylic acids is 1. The number of carboxylic acid groups (broad SMARTS) is 1. The normalized spacial score (nSPS) is 11.5. The Morgan fingerprint density at radius 3 is 2.78 bits per heavy atom. The Balaban J connectivity index is 1.65. The van der Waals surface area contributed by atoms with E-state index >= 15 is 0 Å². The molecule has 2 aromatic heterocycles. The van der Waals surface area contributed by atoms with Crippen molar-refractivity contribution in [3.8, 4) is 0 Å². The number of hydrogen-bond donors (Lipinski definition) is 3. The van der Waals surface area contributed by atoms with Gasteiger partial charge < -0.3 is 24.7 Å². The molecule has 0 radical (unpaired) electrons. The Morgan fingerprint density at radius 2 is 2.09 bits per heavy atom. The SMILES string of the molecule is C=CCn1c(SCC(=O)Nc2cccc(C(=O)O)c2)nnc1[C@H](C)NC(=O)c1ccco1. The van der Waals surface area contributed by atoms with Crippen LogP contribution in [0, 0.1) is 0 Å². The summed E-state index contributed by atoms with van der Waals surface area (Å²) in [5.74, 6) is -1.07. The van der Waals surface area contributed by atoms with Crippen molar-refractivity contribution in [3.63, 3.8) is 0 Å². The van der Waals surface area contributed by atoms with Gasteiger partial charge >= 0.3 is 5.97 Å². The van der Waals surface area contributed by atoms with Crippen LogP contribution in [0.25, 0.3) is 0 Å². The largest absolute Gasteiger partial charge is 0.478 e. The molecule has 166 valence electrons. The van der Waals surface area contributed by atoms with E-state index < -0.39 is 12.0 Å². The van der Waals surface area contributed by atoms with Gasteiger partial charge in [0.05, 0.1) is 23.6 Å². The average molecular weight is 455 g/mol. The second-order valence-electron chi connectivity index (χ2n) is 6.64. The lowest BCUT2D eigenvalue weighted by Crippen LogP contribution is -2.28. The summed E-state index contributed by atoms with van der Waals surface area (Å²) in [6, 6.07) is 8.70. The smallest absolute Gasteiger partial charge is 0.335 e. The Kier molecular flexibility index (Phi) is 7.45. The second kappa shape index (κ2) is 10.4. The highest BCUT2D eigenvalue weighted by Gasteiger charge is 2.21. The van der Waals surface area contributed by atoms with Gasteiger partial charge in [0.15, 0.2) is 16.7 Å². The molecule has 0 aliphatic rings. The predicted octanol–water partition coefficient (Wildman–Crippen LogP) is 2.98. The maximum absolute atomic E-state index is 12.3. The number of amides is 2. The van der Waals surface area contributed by atoms with Crippen LogP contribution < -0.4 is 10.6 Å². The maximum atomic E-state index is 12.3. The molecule has 0 bridgehead atoms. The number of furan rings is 1. The molecule has 1 atom stereocenters. The number of allylic oxidation sites excluding steroid dienone is 1. The molecule has 3 aromatic rings. The zero-order valence-electron chi connectivity index (χ0n) is 17.1. The summed E-state index contributed by atoms with van der Waals surface area (Å²) in [6.07, 6.45) is 3.08. The Hall–Kier alpha value is -3.86. The van der Waals surface area contributed by atoms with E-state index in [4.69, 9.17) is 9.52 Å². The van der Waals surface area contributed by atoms with Crippen LogP contribution in [0.2, 0.25) is 0 Å². The molecule has 0 fully saturated rings. The molecule has 2 heterocycles. The van der Waals surface area contributed by atoms with Crippen molar-refractivity contribution in [2.45, 2.75) is 24.7 Å². The van der Waals surface area contributed by atoms with Gasteiger partial charge in [-0.15, -0.1) is 16.8 Å². The fraction of sp³-hybridized carbons (Fsp3) is 0.190. The van der Waals surface area contributed by atoms with Crippen LogP contribution in [0.3, 0.4) is 0 Å². The number of hydrogen-bond acceptors (Lipinski definition) is 7. The third-order valence-electron chi connectivity index (χ3n) is 4.26. The quantitative estimate of drug-likeness (QED) is 0.313. The fourth-order valence-corrected chi connectivity index (χ4v) is 3.58. The van der Waals surface area contributed by atoms with Gasteiger partial charge in [-0.3, -0.25) is 9.59 Å². The minimum Gasteiger partial charge on any atom is -0.478 e. The first-order valence-corrected chi connectivity index (χ1v) is 10.5. The molecule has 0 saturated carbocycles. The highest BCUT2D eigenvalue weighted by molar-refractivity contribution is 7.99. The average Bonchev–Trinajstić information content (AvgIpc) is 3.43. The number of nitrogens with one attached hydrogen (secondary N) is 2. The Morgan fingerprint density at radius 1 is 1.28 bits per heavy atom. The van der Waals surface area contributed by atoms with E-state index in [2.05, 4.69) is 27.4 Å². The zero-order valence-corrected chi connectivity index (χ0v) is 18.0. The minimum atomic E-state index is -1.08. The first kappa shape index (κ1) is 22.8. The van der Waals surface area contributed by atoms with Crippen molar-refractivity contribution < 1.29 is 23.9 Å². The van der Waals surface area contributed by atoms with Crippen LogP contribution in [0.4, 0.5) is 5.69 Å². The summed E-state index contributed by atoms with van der Waals surface area (Å²) in [5, 5.41) is 23.3. The number of rotatable bonds is 10. The molecule has 0 aliphatic heterocycles. The van der Waals surface area contributed by atoms with Gasteiger partial charge in [-0.1, -0.05) is 23.9 Å². The van der Waals surface area contributed by atoms with Crippen molar-refractivity contribution in [2.24, 2.45) is 0 Å². The number of nitrogens with zero attached hydrogens (tertiary/aromatic N) is 3. The minimum absolute atomic E-state index is 0.0275. The summed E-state index contributed by atoms with van der Waals surface area (Å²) in [4.78, 5) is 35.6. The van der Waals surface area contributed by atoms with Crippen molar-refractivity contribution >= 4 is 35.2 Å². The predicted molar refractivity (Wildman–Crippen MR) is 118 cm³/mol. The number of benzene rings is 1. The number of anilines is 1. The molecule has 3 N–H and O–H groups in total. The Bertz CT molecular complexity index is 1130. The van der Waals surface area contributed by atoms with Crippen LogP contribution >= 0.6 is 11.8 Å². The highest BCUT2D eigenvalue weighted by atomic mass is 32.2. The van der Waals surface area contributed by atoms with E-state index in [0.29, 0.717) is 23.2 Å². The van der Waals surface area contributed by atoms with Crippen LogP contribution in [0.1, 0.15) is 39.7 Å². The lowest BCUT2D eigenvalue weighted by molar-refractivity contribution is -0.113. The number of aromatic nitrogens is 3. The molecule has 32 heavy (non-hydrogen) atoms. The molecular formula is C21H21N5O5S. The van der Waals surface area contributed by atoms with E-state index in [1.54, 1.807) is 41.8 Å². The van der Waals surface area contributed by atoms with Crippen LogP contribution in [0.5, 0.6) is 0 Å². The first-order valence-electron chi connectivity index (χ1n) is 9.53. The molecular weight excluding hydrogens is 434 g/mol. The van der Waals surface area contributed by atoms with Gasteiger partial charge in [0.2, 0.25) is 5.91 Å². The van der Waals surface area contributed by atoms with Crippen LogP contribution in [-0.2, 0) is 11.3 Å². The zero-order chi connectivity index (χ0) is 23.1. The molecule has 0 spiro atoms. The summed E-state index contributed by atoms with van der Waals surface area (Å²) in [7, 11) is 0. The third kappa shape index (κ3) is 5.64. The van der Waals surface area contributed by atoms with Crippen molar-refractivity contribution in [1.29, 1.82) is 0 Å². The van der Waals surface area contributed by atoms with Crippen LogP contribution in [-0.4, -0.2) is 43.4 Å². The van der Waals surface area contributed by atoms with Gasteiger partial charge in [0.25, 0.3) is 5.91 Å². The highest BCUT2D eigenvalue weighted by Crippen LogP contribution is 2.22. The van der Waals surface area contributed by atoms with Gasteiger partial charge in [0, 0.05) is 12.2 Å². The fourth-order valence-electron chi connectivity index (χ4n) is 2.83. The number of thioether (sulfide) groups is 1. The van der Waals surface area contributed by atoms with Crippen molar-refractivity contribution in [1.82, 2.24) is 20.1 Å². The standard InChI is InChI=1S/C21H21N5O5S/c1-3-9-26-18(13(2)22-19(28)16-8-5-10-31-16)24-25-21(26)32-12-17(27)23-15-7-4-6-14(11-15)20(29)30/h3-8,10-11,13H,1,9,12H2,2H3,(H,22,28)(H,23,27)(H,29,30)/t13-/m0/s1. The van der Waals surface area contributed by atoms with E-state index in [-0.39, 0.29) is 28.9 Å². The third-order valence-corrected chi connectivity index (χ3v) is 5.23.